The number of para-hydroxylation sites is 1. The van der Waals surface area contributed by atoms with E-state index in [9.17, 15) is 5.11 Å². The van der Waals surface area contributed by atoms with Crippen molar-refractivity contribution < 1.29 is 9.84 Å². The molecule has 3 heteroatoms. The molecular weight excluding hydrogens is 250 g/mol. The molecule has 1 saturated heterocycles. The number of likely N-dealkylation sites (tertiary alicyclic amines) is 1. The van der Waals surface area contributed by atoms with Crippen LogP contribution in [0, 0.1) is 5.92 Å². The first kappa shape index (κ1) is 15.3. The number of nitrogens with zero attached hydrogens (tertiary/aromatic N) is 1. The van der Waals surface area contributed by atoms with Gasteiger partial charge in [0.25, 0.3) is 0 Å². The van der Waals surface area contributed by atoms with Gasteiger partial charge in [-0.05, 0) is 44.4 Å². The fourth-order valence-corrected chi connectivity index (χ4v) is 3.07. The van der Waals surface area contributed by atoms with Crippen LogP contribution in [-0.2, 0) is 6.42 Å². The van der Waals surface area contributed by atoms with Gasteiger partial charge in [-0.25, -0.2) is 0 Å². The molecule has 1 heterocycles. The highest BCUT2D eigenvalue weighted by Gasteiger charge is 2.28. The number of aliphatic hydroxyl groups excluding tert-OH is 1. The summed E-state index contributed by atoms with van der Waals surface area (Å²) in [6, 6.07) is 8.21. The van der Waals surface area contributed by atoms with Crippen LogP contribution < -0.4 is 4.74 Å². The summed E-state index contributed by atoms with van der Waals surface area (Å²) in [5, 5.41) is 10.3. The van der Waals surface area contributed by atoms with Gasteiger partial charge >= 0.3 is 0 Å². The van der Waals surface area contributed by atoms with E-state index >= 15 is 0 Å². The molecule has 0 spiro atoms. The lowest BCUT2D eigenvalue weighted by Crippen LogP contribution is -2.44. The van der Waals surface area contributed by atoms with Gasteiger partial charge in [0, 0.05) is 19.0 Å². The highest BCUT2D eigenvalue weighted by Crippen LogP contribution is 2.26. The van der Waals surface area contributed by atoms with Crippen LogP contribution in [0.25, 0.3) is 0 Å². The van der Waals surface area contributed by atoms with Gasteiger partial charge in [0.2, 0.25) is 0 Å². The van der Waals surface area contributed by atoms with E-state index in [2.05, 4.69) is 24.0 Å². The topological polar surface area (TPSA) is 32.7 Å². The van der Waals surface area contributed by atoms with Gasteiger partial charge < -0.3 is 14.7 Å². The Balaban J connectivity index is 2.03. The van der Waals surface area contributed by atoms with E-state index in [4.69, 9.17) is 4.74 Å². The van der Waals surface area contributed by atoms with Crippen molar-refractivity contribution in [2.45, 2.75) is 39.2 Å². The van der Waals surface area contributed by atoms with Crippen molar-refractivity contribution >= 4 is 0 Å². The SMILES string of the molecule is CCCN1CCC(O)C(Cc2ccccc2OCC)C1. The van der Waals surface area contributed by atoms with E-state index < -0.39 is 0 Å². The van der Waals surface area contributed by atoms with Gasteiger partial charge in [0.15, 0.2) is 0 Å². The van der Waals surface area contributed by atoms with Gasteiger partial charge in [-0.2, -0.15) is 0 Å². The van der Waals surface area contributed by atoms with Gasteiger partial charge in [-0.15, -0.1) is 0 Å². The summed E-state index contributed by atoms with van der Waals surface area (Å²) in [6.45, 7) is 8.07. The maximum absolute atomic E-state index is 10.3. The number of hydrogen-bond donors (Lipinski definition) is 1. The predicted molar refractivity (Wildman–Crippen MR) is 82.2 cm³/mol. The molecule has 1 aromatic rings. The van der Waals surface area contributed by atoms with E-state index in [1.54, 1.807) is 0 Å². The molecule has 0 bridgehead atoms. The summed E-state index contributed by atoms with van der Waals surface area (Å²) in [6.07, 6.45) is 2.79. The second-order valence-electron chi connectivity index (χ2n) is 5.66. The van der Waals surface area contributed by atoms with Gasteiger partial charge in [-0.3, -0.25) is 0 Å². The van der Waals surface area contributed by atoms with Crippen molar-refractivity contribution in [2.75, 3.05) is 26.2 Å². The minimum absolute atomic E-state index is 0.183. The van der Waals surface area contributed by atoms with E-state index in [1.165, 1.54) is 12.0 Å². The number of piperidine rings is 1. The second kappa shape index (κ2) is 7.65. The standard InChI is InChI=1S/C17H27NO2/c1-3-10-18-11-9-16(19)15(13-18)12-14-7-5-6-8-17(14)20-4-2/h5-8,15-16,19H,3-4,9-13H2,1-2H3. The normalized spacial score (nSPS) is 23.8. The molecular formula is C17H27NO2. The Labute approximate surface area is 122 Å². The molecule has 1 N–H and O–H groups in total. The van der Waals surface area contributed by atoms with Crippen LogP contribution in [0.4, 0.5) is 0 Å². The number of hydrogen-bond acceptors (Lipinski definition) is 3. The molecule has 2 atom stereocenters. The molecule has 1 aliphatic rings. The zero-order valence-electron chi connectivity index (χ0n) is 12.7. The maximum Gasteiger partial charge on any atom is 0.122 e. The molecule has 1 aromatic carbocycles. The van der Waals surface area contributed by atoms with Crippen molar-refractivity contribution in [2.24, 2.45) is 5.92 Å². The molecule has 0 aromatic heterocycles. The van der Waals surface area contributed by atoms with Crippen LogP contribution in [0.5, 0.6) is 5.75 Å². The summed E-state index contributed by atoms with van der Waals surface area (Å²) >= 11 is 0. The Hall–Kier alpha value is -1.06. The van der Waals surface area contributed by atoms with E-state index in [1.807, 2.05) is 19.1 Å². The van der Waals surface area contributed by atoms with E-state index in [0.717, 1.165) is 38.2 Å². The third kappa shape index (κ3) is 3.97. The van der Waals surface area contributed by atoms with Crippen molar-refractivity contribution in [1.82, 2.24) is 4.90 Å². The summed E-state index contributed by atoms with van der Waals surface area (Å²) in [4.78, 5) is 2.47. The molecule has 1 fully saturated rings. The lowest BCUT2D eigenvalue weighted by Gasteiger charge is -2.36. The monoisotopic (exact) mass is 277 g/mol. The summed E-state index contributed by atoms with van der Waals surface area (Å²) < 4.78 is 5.69. The quantitative estimate of drug-likeness (QED) is 0.868. The zero-order chi connectivity index (χ0) is 14.4. The Morgan fingerprint density at radius 3 is 2.85 bits per heavy atom. The Kier molecular flexibility index (Phi) is 5.86. The van der Waals surface area contributed by atoms with Crippen molar-refractivity contribution in [3.8, 4) is 5.75 Å². The predicted octanol–water partition coefficient (Wildman–Crippen LogP) is 2.72. The molecule has 2 rings (SSSR count). The number of rotatable bonds is 6. The molecule has 1 aliphatic heterocycles. The summed E-state index contributed by atoms with van der Waals surface area (Å²) in [7, 11) is 0. The average molecular weight is 277 g/mol. The van der Waals surface area contributed by atoms with Crippen LogP contribution >= 0.6 is 0 Å². The van der Waals surface area contributed by atoms with Gasteiger partial charge in [0.05, 0.1) is 12.7 Å². The van der Waals surface area contributed by atoms with Crippen molar-refractivity contribution in [3.63, 3.8) is 0 Å². The Morgan fingerprint density at radius 1 is 1.30 bits per heavy atom. The molecule has 0 saturated carbocycles. The van der Waals surface area contributed by atoms with Gasteiger partial charge in [0.1, 0.15) is 5.75 Å². The molecule has 0 amide bonds. The number of benzene rings is 1. The molecule has 0 aliphatic carbocycles. The largest absolute Gasteiger partial charge is 0.494 e. The van der Waals surface area contributed by atoms with Crippen LogP contribution in [-0.4, -0.2) is 42.4 Å². The fourth-order valence-electron chi connectivity index (χ4n) is 3.07. The molecule has 112 valence electrons. The smallest absolute Gasteiger partial charge is 0.122 e. The highest BCUT2D eigenvalue weighted by atomic mass is 16.5. The van der Waals surface area contributed by atoms with Crippen LogP contribution in [0.2, 0.25) is 0 Å². The highest BCUT2D eigenvalue weighted by molar-refractivity contribution is 5.33. The zero-order valence-corrected chi connectivity index (χ0v) is 12.7. The van der Waals surface area contributed by atoms with Crippen molar-refractivity contribution in [3.05, 3.63) is 29.8 Å². The molecule has 2 unspecified atom stereocenters. The lowest BCUT2D eigenvalue weighted by molar-refractivity contribution is 0.0268. The molecule has 20 heavy (non-hydrogen) atoms. The van der Waals surface area contributed by atoms with Crippen LogP contribution in [0.15, 0.2) is 24.3 Å². The third-order valence-electron chi connectivity index (χ3n) is 4.07. The number of aliphatic hydroxyl groups is 1. The number of ether oxygens (including phenoxy) is 1. The second-order valence-corrected chi connectivity index (χ2v) is 5.66. The first-order chi connectivity index (χ1) is 9.74. The minimum atomic E-state index is -0.183. The maximum atomic E-state index is 10.3. The fraction of sp³-hybridized carbons (Fsp3) is 0.647. The van der Waals surface area contributed by atoms with E-state index in [0.29, 0.717) is 12.5 Å². The average Bonchev–Trinajstić information content (AvgIpc) is 2.45. The van der Waals surface area contributed by atoms with E-state index in [-0.39, 0.29) is 6.10 Å². The Bertz CT molecular complexity index is 408. The van der Waals surface area contributed by atoms with Gasteiger partial charge in [-0.1, -0.05) is 25.1 Å². The summed E-state index contributed by atoms with van der Waals surface area (Å²) in [5.41, 5.74) is 1.22. The first-order valence-electron chi connectivity index (χ1n) is 7.85. The lowest BCUT2D eigenvalue weighted by atomic mass is 9.88. The molecule has 0 radical (unpaired) electrons. The summed E-state index contributed by atoms with van der Waals surface area (Å²) in [5.74, 6) is 1.28. The third-order valence-corrected chi connectivity index (χ3v) is 4.07. The minimum Gasteiger partial charge on any atom is -0.494 e. The van der Waals surface area contributed by atoms with Crippen LogP contribution in [0.3, 0.4) is 0 Å². The Morgan fingerprint density at radius 2 is 2.10 bits per heavy atom. The molecule has 3 nitrogen and oxygen atoms in total. The van der Waals surface area contributed by atoms with Crippen molar-refractivity contribution in [1.29, 1.82) is 0 Å². The van der Waals surface area contributed by atoms with Crippen LogP contribution in [0.1, 0.15) is 32.3 Å². The first-order valence-corrected chi connectivity index (χ1v) is 7.85.